The van der Waals surface area contributed by atoms with Crippen molar-refractivity contribution in [3.63, 3.8) is 0 Å². The summed E-state index contributed by atoms with van der Waals surface area (Å²) in [6.45, 7) is 21.2. The van der Waals surface area contributed by atoms with Crippen LogP contribution in [0.1, 0.15) is 182 Å². The Balaban J connectivity index is 1.54. The largest absolute Gasteiger partial charge is 0.673 e. The number of hydrogen-bond acceptors (Lipinski definition) is 4. The fourth-order valence-corrected chi connectivity index (χ4v) is 9.72. The molecule has 6 rings (SSSR count). The molecule has 1 aliphatic carbocycles. The van der Waals surface area contributed by atoms with Gasteiger partial charge >= 0.3 is 13.4 Å². The molecule has 0 saturated heterocycles. The molecule has 0 atom stereocenters. The van der Waals surface area contributed by atoms with Gasteiger partial charge in [0.2, 0.25) is 0 Å². The molecule has 5 aromatic rings. The van der Waals surface area contributed by atoms with Gasteiger partial charge in [0.05, 0.1) is 5.56 Å². The van der Waals surface area contributed by atoms with Crippen LogP contribution in [0.5, 0.6) is 0 Å². The summed E-state index contributed by atoms with van der Waals surface area (Å²) in [6.07, 6.45) is 12.0. The molecule has 0 heterocycles. The lowest BCUT2D eigenvalue weighted by molar-refractivity contribution is 0.0696. The number of carbonyl (C=O) groups is 2. The van der Waals surface area contributed by atoms with Gasteiger partial charge in [0.25, 0.3) is 0 Å². The van der Waals surface area contributed by atoms with E-state index in [-0.39, 0.29) is 33.3 Å². The highest BCUT2D eigenvalue weighted by atomic mass is 19.2. The molecule has 0 radical (unpaired) electrons. The lowest BCUT2D eigenvalue weighted by atomic mass is 9.70. The van der Waals surface area contributed by atoms with Crippen molar-refractivity contribution in [3.05, 3.63) is 154 Å². The molecular formula is C58H71BF2N2O3. The number of carbonyl (C=O) groups excluding carboxylic acids is 1. The summed E-state index contributed by atoms with van der Waals surface area (Å²) in [4.78, 5) is 29.6. The molecule has 0 spiro atoms. The number of benzene rings is 5. The first kappa shape index (κ1) is 49.9. The molecule has 5 nitrogen and oxygen atoms in total. The van der Waals surface area contributed by atoms with E-state index in [1.54, 1.807) is 13.8 Å². The van der Waals surface area contributed by atoms with Crippen molar-refractivity contribution in [1.29, 1.82) is 0 Å². The van der Waals surface area contributed by atoms with Crippen molar-refractivity contribution >= 4 is 41.9 Å². The fraction of sp³-hybridized carbons (Fsp3) is 0.414. The molecule has 348 valence electrons. The zero-order valence-electron chi connectivity index (χ0n) is 41.1. The summed E-state index contributed by atoms with van der Waals surface area (Å²) in [5.41, 5.74) is 10.9. The highest BCUT2D eigenvalue weighted by Crippen LogP contribution is 2.56. The van der Waals surface area contributed by atoms with Crippen LogP contribution in [-0.4, -0.2) is 35.1 Å². The molecular weight excluding hydrogens is 821 g/mol. The maximum atomic E-state index is 14.8. The molecule has 8 heteroatoms. The number of rotatable bonds is 20. The van der Waals surface area contributed by atoms with Gasteiger partial charge < -0.3 is 14.8 Å². The molecule has 0 aromatic heterocycles. The van der Waals surface area contributed by atoms with Crippen molar-refractivity contribution in [3.8, 4) is 11.1 Å². The average Bonchev–Trinajstić information content (AvgIpc) is 3.54. The van der Waals surface area contributed by atoms with Gasteiger partial charge in [0.1, 0.15) is 0 Å². The Bertz CT molecular complexity index is 2400. The van der Waals surface area contributed by atoms with Crippen LogP contribution in [0, 0.1) is 0 Å². The smallest absolute Gasteiger partial charge is 0.478 e. The Morgan fingerprint density at radius 3 is 1.48 bits per heavy atom. The first-order valence-corrected chi connectivity index (χ1v) is 24.3. The van der Waals surface area contributed by atoms with Crippen LogP contribution in [0.25, 0.3) is 16.8 Å². The van der Waals surface area contributed by atoms with Crippen LogP contribution in [0.2, 0.25) is 0 Å². The van der Waals surface area contributed by atoms with Gasteiger partial charge in [-0.25, -0.2) is 4.79 Å². The SMILES string of the molecule is CCCCCCC1(CCCCCC)c2cc(C(=O)/C=C(\c3ccc(C(=O)O)cc3)N(B(F)F)C(C)C)ccc2-c2ccc(N(c3ccc(C(C)(C)C)cc3)c3ccc(C(C)(C)C)cc3)cc21. The van der Waals surface area contributed by atoms with Crippen LogP contribution in [-0.2, 0) is 16.2 Å². The number of halogens is 2. The van der Waals surface area contributed by atoms with Gasteiger partial charge in [-0.15, -0.1) is 0 Å². The van der Waals surface area contributed by atoms with Crippen molar-refractivity contribution in [2.75, 3.05) is 4.90 Å². The van der Waals surface area contributed by atoms with Gasteiger partial charge in [0.15, 0.2) is 5.78 Å². The Morgan fingerprint density at radius 2 is 1.05 bits per heavy atom. The van der Waals surface area contributed by atoms with E-state index < -0.39 is 19.4 Å². The predicted octanol–water partition coefficient (Wildman–Crippen LogP) is 16.5. The number of ketones is 1. The van der Waals surface area contributed by atoms with Gasteiger partial charge in [-0.3, -0.25) is 13.4 Å². The zero-order chi connectivity index (χ0) is 48.0. The number of unbranched alkanes of at least 4 members (excludes halogenated alkanes) is 6. The van der Waals surface area contributed by atoms with Gasteiger partial charge in [-0.2, -0.15) is 0 Å². The minimum absolute atomic E-state index is 0.00804. The molecule has 5 aromatic carbocycles. The van der Waals surface area contributed by atoms with Gasteiger partial charge in [0, 0.05) is 45.9 Å². The lowest BCUT2D eigenvalue weighted by Gasteiger charge is -2.34. The summed E-state index contributed by atoms with van der Waals surface area (Å²) in [5, 5.41) is 9.55. The van der Waals surface area contributed by atoms with E-state index in [1.165, 1.54) is 52.6 Å². The summed E-state index contributed by atoms with van der Waals surface area (Å²) >= 11 is 0. The second-order valence-electron chi connectivity index (χ2n) is 20.7. The summed E-state index contributed by atoms with van der Waals surface area (Å²) < 4.78 is 29.7. The third-order valence-electron chi connectivity index (χ3n) is 13.5. The number of aromatic carboxylic acids is 1. The van der Waals surface area contributed by atoms with Crippen LogP contribution < -0.4 is 4.90 Å². The third kappa shape index (κ3) is 11.0. The highest BCUT2D eigenvalue weighted by Gasteiger charge is 2.43. The number of carboxylic acid groups (broad SMARTS) is 1. The Hall–Kier alpha value is -5.50. The average molecular weight is 893 g/mol. The van der Waals surface area contributed by atoms with E-state index >= 15 is 0 Å². The molecule has 0 unspecified atom stereocenters. The quantitative estimate of drug-likeness (QED) is 0.0365. The van der Waals surface area contributed by atoms with E-state index in [1.807, 2.05) is 6.07 Å². The predicted molar refractivity (Wildman–Crippen MR) is 273 cm³/mol. The van der Waals surface area contributed by atoms with Crippen LogP contribution >= 0.6 is 0 Å². The highest BCUT2D eigenvalue weighted by molar-refractivity contribution is 6.42. The third-order valence-corrected chi connectivity index (χ3v) is 13.5. The van der Waals surface area contributed by atoms with Crippen molar-refractivity contribution in [2.45, 2.75) is 156 Å². The molecule has 1 N–H and O–H groups in total. The van der Waals surface area contributed by atoms with Gasteiger partial charge in [-0.05, 0) is 131 Å². The summed E-state index contributed by atoms with van der Waals surface area (Å²) in [5.74, 6) is -1.50. The van der Waals surface area contributed by atoms with Crippen LogP contribution in [0.3, 0.4) is 0 Å². The van der Waals surface area contributed by atoms with Crippen molar-refractivity contribution in [1.82, 2.24) is 4.81 Å². The van der Waals surface area contributed by atoms with Crippen LogP contribution in [0.4, 0.5) is 25.7 Å². The maximum absolute atomic E-state index is 14.8. The molecule has 0 aliphatic heterocycles. The number of hydrogen-bond donors (Lipinski definition) is 1. The fourth-order valence-electron chi connectivity index (χ4n) is 9.72. The molecule has 66 heavy (non-hydrogen) atoms. The molecule has 0 fully saturated rings. The number of nitrogens with zero attached hydrogens (tertiary/aromatic N) is 2. The molecule has 0 saturated carbocycles. The number of fused-ring (bicyclic) bond motifs is 3. The topological polar surface area (TPSA) is 60.9 Å². The van der Waals surface area contributed by atoms with E-state index in [4.69, 9.17) is 0 Å². The van der Waals surface area contributed by atoms with E-state index in [2.05, 4.69) is 139 Å². The Labute approximate surface area is 394 Å². The van der Waals surface area contributed by atoms with Crippen LogP contribution in [0.15, 0.2) is 115 Å². The van der Waals surface area contributed by atoms with E-state index in [0.717, 1.165) is 97.2 Å². The lowest BCUT2D eigenvalue weighted by Crippen LogP contribution is -2.37. The van der Waals surface area contributed by atoms with E-state index in [9.17, 15) is 23.3 Å². The summed E-state index contributed by atoms with van der Waals surface area (Å²) in [6, 6.07) is 35.9. The standard InChI is InChI=1S/C58H71BF2N2O3/c1-11-13-15-17-35-58(36-18-16-14-12-2)51-37-43(54(64)39-53(63(40(3)4)59(60)61)41-19-21-42(22-20-41)55(65)66)23-33-49(51)50-34-32-48(38-52(50)58)62(46-28-24-44(25-29-46)56(5,6)7)47-30-26-45(27-31-47)57(8,9)10/h19-34,37-40H,11-18,35-36H2,1-10H3,(H,65,66)/b53-39+. The number of anilines is 3. The van der Waals surface area contributed by atoms with E-state index in [0.29, 0.717) is 11.1 Å². The van der Waals surface area contributed by atoms with Crippen molar-refractivity contribution in [2.24, 2.45) is 0 Å². The first-order chi connectivity index (χ1) is 31.3. The summed E-state index contributed by atoms with van der Waals surface area (Å²) in [7, 11) is -2.89. The Morgan fingerprint density at radius 1 is 0.606 bits per heavy atom. The Kier molecular flexibility index (Phi) is 15.9. The van der Waals surface area contributed by atoms with Crippen molar-refractivity contribution < 1.29 is 23.3 Å². The second kappa shape index (κ2) is 21.0. The molecule has 1 aliphatic rings. The minimum atomic E-state index is -2.89. The monoisotopic (exact) mass is 893 g/mol. The number of carboxylic acids is 1. The normalized spacial score (nSPS) is 13.4. The zero-order valence-corrected chi connectivity index (χ0v) is 41.1. The van der Waals surface area contributed by atoms with Gasteiger partial charge in [-0.1, -0.05) is 161 Å². The maximum Gasteiger partial charge on any atom is 0.673 e. The second-order valence-corrected chi connectivity index (χ2v) is 20.7. The number of allylic oxidation sites excluding steroid dienone is 1. The first-order valence-electron chi connectivity index (χ1n) is 24.3. The molecule has 0 amide bonds. The minimum Gasteiger partial charge on any atom is -0.478 e. The molecule has 0 bridgehead atoms.